The Kier molecular flexibility index (Phi) is 4.37. The zero-order valence-electron chi connectivity index (χ0n) is 13.0. The summed E-state index contributed by atoms with van der Waals surface area (Å²) in [4.78, 5) is 8.60. The molecular weight excluding hydrogens is 276 g/mol. The predicted molar refractivity (Wildman–Crippen MR) is 86.9 cm³/mol. The molecule has 2 unspecified atom stereocenters. The molecular formula is C16H22N6. The van der Waals surface area contributed by atoms with E-state index in [0.717, 1.165) is 24.1 Å². The van der Waals surface area contributed by atoms with Gasteiger partial charge in [-0.1, -0.05) is 19.1 Å². The van der Waals surface area contributed by atoms with Crippen molar-refractivity contribution in [2.75, 3.05) is 6.54 Å². The van der Waals surface area contributed by atoms with Crippen molar-refractivity contribution in [2.45, 2.75) is 32.9 Å². The van der Waals surface area contributed by atoms with Crippen LogP contribution in [0.4, 0.5) is 0 Å². The Morgan fingerprint density at radius 3 is 2.73 bits per heavy atom. The van der Waals surface area contributed by atoms with E-state index in [1.54, 1.807) is 11.0 Å². The molecule has 0 amide bonds. The van der Waals surface area contributed by atoms with Crippen LogP contribution in [0.2, 0.25) is 0 Å². The summed E-state index contributed by atoms with van der Waals surface area (Å²) in [6.07, 6.45) is 4.46. The third-order valence-electron chi connectivity index (χ3n) is 3.82. The molecule has 1 heterocycles. The standard InChI is InChI=1S/C16H22N6/c1-3-18-16(21-15-8-12(15)2)19-9-13-4-6-14(7-5-13)22-11-17-10-20-22/h4-7,10-12,15H,3,8-9H2,1-2H3,(H2,18,19,21). The Balaban J connectivity index is 1.62. The highest BCUT2D eigenvalue weighted by molar-refractivity contribution is 5.80. The molecule has 0 radical (unpaired) electrons. The zero-order valence-corrected chi connectivity index (χ0v) is 13.0. The van der Waals surface area contributed by atoms with Crippen LogP contribution >= 0.6 is 0 Å². The fraction of sp³-hybridized carbons (Fsp3) is 0.438. The van der Waals surface area contributed by atoms with E-state index in [1.807, 2.05) is 12.1 Å². The van der Waals surface area contributed by atoms with Gasteiger partial charge in [-0.2, -0.15) is 5.10 Å². The molecule has 2 N–H and O–H groups in total. The van der Waals surface area contributed by atoms with Crippen LogP contribution in [0.5, 0.6) is 0 Å². The predicted octanol–water partition coefficient (Wildman–Crippen LogP) is 1.73. The largest absolute Gasteiger partial charge is 0.357 e. The highest BCUT2D eigenvalue weighted by Crippen LogP contribution is 2.28. The van der Waals surface area contributed by atoms with E-state index >= 15 is 0 Å². The summed E-state index contributed by atoms with van der Waals surface area (Å²) in [6, 6.07) is 8.78. The molecule has 0 spiro atoms. The highest BCUT2D eigenvalue weighted by atomic mass is 15.3. The van der Waals surface area contributed by atoms with Gasteiger partial charge < -0.3 is 10.6 Å². The van der Waals surface area contributed by atoms with Crippen molar-refractivity contribution in [1.29, 1.82) is 0 Å². The van der Waals surface area contributed by atoms with Gasteiger partial charge in [0, 0.05) is 12.6 Å². The van der Waals surface area contributed by atoms with Gasteiger partial charge in [-0.3, -0.25) is 0 Å². The highest BCUT2D eigenvalue weighted by Gasteiger charge is 2.33. The van der Waals surface area contributed by atoms with Crippen LogP contribution in [0.3, 0.4) is 0 Å². The molecule has 1 aliphatic carbocycles. The lowest BCUT2D eigenvalue weighted by Gasteiger charge is -2.10. The number of nitrogens with one attached hydrogen (secondary N) is 2. The van der Waals surface area contributed by atoms with Gasteiger partial charge in [0.15, 0.2) is 5.96 Å². The number of rotatable bonds is 5. The van der Waals surface area contributed by atoms with Crippen molar-refractivity contribution in [3.8, 4) is 5.69 Å². The first-order valence-electron chi connectivity index (χ1n) is 7.75. The molecule has 3 rings (SSSR count). The van der Waals surface area contributed by atoms with Crippen molar-refractivity contribution >= 4 is 5.96 Å². The van der Waals surface area contributed by atoms with Gasteiger partial charge in [0.05, 0.1) is 12.2 Å². The van der Waals surface area contributed by atoms with Gasteiger partial charge in [0.1, 0.15) is 12.7 Å². The summed E-state index contributed by atoms with van der Waals surface area (Å²) in [6.45, 7) is 5.87. The van der Waals surface area contributed by atoms with E-state index in [-0.39, 0.29) is 0 Å². The molecule has 6 nitrogen and oxygen atoms in total. The Hall–Kier alpha value is -2.37. The first-order chi connectivity index (χ1) is 10.8. The van der Waals surface area contributed by atoms with Crippen molar-refractivity contribution in [3.63, 3.8) is 0 Å². The normalized spacial score (nSPS) is 20.7. The number of nitrogens with zero attached hydrogens (tertiary/aromatic N) is 4. The molecule has 1 fully saturated rings. The Morgan fingerprint density at radius 2 is 2.14 bits per heavy atom. The van der Waals surface area contributed by atoms with Crippen LogP contribution < -0.4 is 10.6 Å². The minimum Gasteiger partial charge on any atom is -0.357 e. The van der Waals surface area contributed by atoms with Crippen LogP contribution in [0.15, 0.2) is 41.9 Å². The number of hydrogen-bond donors (Lipinski definition) is 2. The van der Waals surface area contributed by atoms with Crippen LogP contribution in [-0.4, -0.2) is 33.3 Å². The SMILES string of the molecule is CCNC(=NCc1ccc(-n2cncn2)cc1)NC1CC1C. The number of aliphatic imine (C=N–C) groups is 1. The van der Waals surface area contributed by atoms with Gasteiger partial charge in [-0.25, -0.2) is 14.7 Å². The van der Waals surface area contributed by atoms with Crippen molar-refractivity contribution in [3.05, 3.63) is 42.5 Å². The maximum absolute atomic E-state index is 4.65. The Bertz CT molecular complexity index is 617. The number of hydrogen-bond acceptors (Lipinski definition) is 3. The summed E-state index contributed by atoms with van der Waals surface area (Å²) in [7, 11) is 0. The third-order valence-corrected chi connectivity index (χ3v) is 3.82. The van der Waals surface area contributed by atoms with E-state index in [4.69, 9.17) is 0 Å². The molecule has 1 aromatic heterocycles. The van der Waals surface area contributed by atoms with Crippen molar-refractivity contribution in [2.24, 2.45) is 10.9 Å². The van der Waals surface area contributed by atoms with E-state index in [1.165, 1.54) is 18.3 Å². The maximum atomic E-state index is 4.65. The van der Waals surface area contributed by atoms with Gasteiger partial charge in [-0.15, -0.1) is 0 Å². The summed E-state index contributed by atoms with van der Waals surface area (Å²) < 4.78 is 1.74. The molecule has 1 saturated carbocycles. The Morgan fingerprint density at radius 1 is 1.36 bits per heavy atom. The minimum atomic E-state index is 0.576. The molecule has 0 aliphatic heterocycles. The second-order valence-corrected chi connectivity index (χ2v) is 5.67. The molecule has 0 saturated heterocycles. The average molecular weight is 298 g/mol. The average Bonchev–Trinajstić information content (AvgIpc) is 3.02. The molecule has 6 heteroatoms. The van der Waals surface area contributed by atoms with Crippen LogP contribution in [0.25, 0.3) is 5.69 Å². The minimum absolute atomic E-state index is 0.576. The van der Waals surface area contributed by atoms with Gasteiger partial charge >= 0.3 is 0 Å². The van der Waals surface area contributed by atoms with Gasteiger partial charge in [-0.05, 0) is 37.0 Å². The molecule has 2 atom stereocenters. The van der Waals surface area contributed by atoms with Crippen molar-refractivity contribution in [1.82, 2.24) is 25.4 Å². The van der Waals surface area contributed by atoms with Crippen LogP contribution in [0, 0.1) is 5.92 Å². The quantitative estimate of drug-likeness (QED) is 0.652. The smallest absolute Gasteiger partial charge is 0.191 e. The van der Waals surface area contributed by atoms with Gasteiger partial charge in [0.2, 0.25) is 0 Å². The molecule has 1 aliphatic rings. The lowest BCUT2D eigenvalue weighted by molar-refractivity contribution is 0.766. The molecule has 0 bridgehead atoms. The number of aromatic nitrogens is 3. The summed E-state index contributed by atoms with van der Waals surface area (Å²) in [5.74, 6) is 1.66. The topological polar surface area (TPSA) is 67.1 Å². The van der Waals surface area contributed by atoms with Gasteiger partial charge in [0.25, 0.3) is 0 Å². The zero-order chi connectivity index (χ0) is 15.4. The van der Waals surface area contributed by atoms with E-state index < -0.39 is 0 Å². The molecule has 22 heavy (non-hydrogen) atoms. The molecule has 116 valence electrons. The second-order valence-electron chi connectivity index (χ2n) is 5.67. The van der Waals surface area contributed by atoms with E-state index in [0.29, 0.717) is 12.6 Å². The van der Waals surface area contributed by atoms with Crippen LogP contribution in [-0.2, 0) is 6.54 Å². The number of benzene rings is 1. The second kappa shape index (κ2) is 6.60. The van der Waals surface area contributed by atoms with E-state index in [9.17, 15) is 0 Å². The summed E-state index contributed by atoms with van der Waals surface area (Å²) in [5.41, 5.74) is 2.17. The summed E-state index contributed by atoms with van der Waals surface area (Å²) in [5, 5.41) is 10.9. The first kappa shape index (κ1) is 14.6. The first-order valence-corrected chi connectivity index (χ1v) is 7.75. The van der Waals surface area contributed by atoms with E-state index in [2.05, 4.69) is 51.7 Å². The van der Waals surface area contributed by atoms with Crippen LogP contribution in [0.1, 0.15) is 25.8 Å². The molecule has 1 aromatic carbocycles. The number of guanidine groups is 1. The monoisotopic (exact) mass is 298 g/mol. The molecule has 2 aromatic rings. The lowest BCUT2D eigenvalue weighted by Crippen LogP contribution is -2.39. The third kappa shape index (κ3) is 3.63. The Labute approximate surface area is 130 Å². The summed E-state index contributed by atoms with van der Waals surface area (Å²) >= 11 is 0. The fourth-order valence-electron chi connectivity index (χ4n) is 2.28. The van der Waals surface area contributed by atoms with Crippen molar-refractivity contribution < 1.29 is 0 Å². The lowest BCUT2D eigenvalue weighted by atomic mass is 10.2. The fourth-order valence-corrected chi connectivity index (χ4v) is 2.28. The maximum Gasteiger partial charge on any atom is 0.191 e.